The van der Waals surface area contributed by atoms with Gasteiger partial charge in [-0.05, 0) is 13.3 Å². The van der Waals surface area contributed by atoms with Crippen molar-refractivity contribution in [3.8, 4) is 0 Å². The summed E-state index contributed by atoms with van der Waals surface area (Å²) in [6, 6.07) is 0.358. The second-order valence-electron chi connectivity index (χ2n) is 3.48. The van der Waals surface area contributed by atoms with E-state index in [9.17, 15) is 5.11 Å². The maximum absolute atomic E-state index is 9.39. The average Bonchev–Trinajstić information content (AvgIpc) is 2.72. The van der Waals surface area contributed by atoms with Crippen LogP contribution in [0.15, 0.2) is 11.6 Å². The van der Waals surface area contributed by atoms with E-state index in [2.05, 4.69) is 16.8 Å². The van der Waals surface area contributed by atoms with E-state index >= 15 is 0 Å². The molecule has 0 aliphatic carbocycles. The number of hydrogen-bond donors (Lipinski definition) is 1. The first kappa shape index (κ1) is 9.12. The average molecular weight is 198 g/mol. The van der Waals surface area contributed by atoms with E-state index in [-0.39, 0.29) is 6.10 Å². The van der Waals surface area contributed by atoms with Crippen LogP contribution in [-0.4, -0.2) is 34.2 Å². The lowest BCUT2D eigenvalue weighted by atomic mass is 10.3. The molecule has 2 heterocycles. The van der Waals surface area contributed by atoms with Crippen molar-refractivity contribution >= 4 is 11.3 Å². The van der Waals surface area contributed by atoms with Crippen LogP contribution in [0.4, 0.5) is 0 Å². The molecule has 1 aliphatic heterocycles. The van der Waals surface area contributed by atoms with E-state index in [0.29, 0.717) is 6.04 Å². The van der Waals surface area contributed by atoms with Crippen LogP contribution in [-0.2, 0) is 0 Å². The van der Waals surface area contributed by atoms with Gasteiger partial charge >= 0.3 is 0 Å². The molecule has 3 nitrogen and oxygen atoms in total. The summed E-state index contributed by atoms with van der Waals surface area (Å²) in [4.78, 5) is 6.56. The van der Waals surface area contributed by atoms with E-state index in [1.165, 1.54) is 0 Å². The van der Waals surface area contributed by atoms with Crippen LogP contribution in [0.3, 0.4) is 0 Å². The lowest BCUT2D eigenvalue weighted by Gasteiger charge is -2.21. The van der Waals surface area contributed by atoms with Crippen LogP contribution in [0.5, 0.6) is 0 Å². The van der Waals surface area contributed by atoms with Crippen LogP contribution < -0.4 is 0 Å². The molecule has 13 heavy (non-hydrogen) atoms. The predicted molar refractivity (Wildman–Crippen MR) is 52.7 cm³/mol. The van der Waals surface area contributed by atoms with Gasteiger partial charge in [0, 0.05) is 24.7 Å². The number of hydrogen-bond acceptors (Lipinski definition) is 4. The molecule has 0 bridgehead atoms. The van der Waals surface area contributed by atoms with Crippen LogP contribution >= 0.6 is 11.3 Å². The Morgan fingerprint density at radius 3 is 3.15 bits per heavy atom. The van der Waals surface area contributed by atoms with Gasteiger partial charge in [0.05, 0.1) is 12.1 Å². The second kappa shape index (κ2) is 3.74. The van der Waals surface area contributed by atoms with Crippen molar-refractivity contribution in [2.75, 3.05) is 13.1 Å². The van der Waals surface area contributed by atoms with Crippen LogP contribution in [0.1, 0.15) is 24.4 Å². The molecule has 0 amide bonds. The highest BCUT2D eigenvalue weighted by Gasteiger charge is 2.26. The van der Waals surface area contributed by atoms with Gasteiger partial charge in [-0.25, -0.2) is 4.98 Å². The molecule has 72 valence electrons. The molecule has 0 spiro atoms. The summed E-state index contributed by atoms with van der Waals surface area (Å²) in [5.74, 6) is 0. The van der Waals surface area contributed by atoms with E-state index in [0.717, 1.165) is 24.5 Å². The maximum Gasteiger partial charge on any atom is 0.109 e. The largest absolute Gasteiger partial charge is 0.392 e. The lowest BCUT2D eigenvalue weighted by molar-refractivity contribution is 0.163. The molecule has 2 atom stereocenters. The minimum Gasteiger partial charge on any atom is -0.392 e. The van der Waals surface area contributed by atoms with Crippen molar-refractivity contribution in [3.05, 3.63) is 16.6 Å². The molecule has 0 radical (unpaired) electrons. The van der Waals surface area contributed by atoms with E-state index in [1.807, 2.05) is 11.6 Å². The molecule has 1 saturated heterocycles. The highest BCUT2D eigenvalue weighted by Crippen LogP contribution is 2.25. The quantitative estimate of drug-likeness (QED) is 0.777. The lowest BCUT2D eigenvalue weighted by Crippen LogP contribution is -2.25. The zero-order chi connectivity index (χ0) is 9.26. The minimum atomic E-state index is -0.137. The van der Waals surface area contributed by atoms with Crippen molar-refractivity contribution < 1.29 is 5.11 Å². The molecule has 1 aliphatic rings. The van der Waals surface area contributed by atoms with Crippen molar-refractivity contribution in [1.82, 2.24) is 9.88 Å². The summed E-state index contributed by atoms with van der Waals surface area (Å²) in [7, 11) is 0. The summed E-state index contributed by atoms with van der Waals surface area (Å²) in [6.45, 7) is 3.93. The van der Waals surface area contributed by atoms with Crippen LogP contribution in [0.25, 0.3) is 0 Å². The summed E-state index contributed by atoms with van der Waals surface area (Å²) in [6.07, 6.45) is 2.60. The molecular formula is C9H14N2OS. The summed E-state index contributed by atoms with van der Waals surface area (Å²) in [5.41, 5.74) is 0. The Labute approximate surface area is 82.0 Å². The molecule has 1 fully saturated rings. The molecule has 4 heteroatoms. The Morgan fingerprint density at radius 2 is 2.62 bits per heavy atom. The van der Waals surface area contributed by atoms with Gasteiger partial charge in [0.1, 0.15) is 5.01 Å². The van der Waals surface area contributed by atoms with Crippen molar-refractivity contribution in [3.63, 3.8) is 0 Å². The molecule has 2 rings (SSSR count). The highest BCUT2D eigenvalue weighted by molar-refractivity contribution is 7.09. The number of likely N-dealkylation sites (tertiary alicyclic amines) is 1. The first-order valence-corrected chi connectivity index (χ1v) is 5.47. The Hall–Kier alpha value is -0.450. The first-order chi connectivity index (χ1) is 6.27. The fraction of sp³-hybridized carbons (Fsp3) is 0.667. The molecule has 0 saturated carbocycles. The minimum absolute atomic E-state index is 0.137. The number of nitrogens with zero attached hydrogens (tertiary/aromatic N) is 2. The van der Waals surface area contributed by atoms with Gasteiger partial charge in [-0.15, -0.1) is 11.3 Å². The van der Waals surface area contributed by atoms with Gasteiger partial charge in [0.15, 0.2) is 0 Å². The Bertz CT molecular complexity index is 263. The standard InChI is InChI=1S/C9H14N2OS/c1-7(9-10-3-5-13-9)11-4-2-8(12)6-11/h3,5,7-8,12H,2,4,6H2,1H3. The zero-order valence-corrected chi connectivity index (χ0v) is 8.50. The molecule has 1 aromatic heterocycles. The molecule has 1 aromatic rings. The topological polar surface area (TPSA) is 36.4 Å². The number of aliphatic hydroxyl groups excluding tert-OH is 1. The fourth-order valence-corrected chi connectivity index (χ4v) is 2.45. The van der Waals surface area contributed by atoms with Crippen LogP contribution in [0.2, 0.25) is 0 Å². The number of thiazole rings is 1. The number of aromatic nitrogens is 1. The van der Waals surface area contributed by atoms with Crippen molar-refractivity contribution in [2.24, 2.45) is 0 Å². The van der Waals surface area contributed by atoms with E-state index in [1.54, 1.807) is 11.3 Å². The highest BCUT2D eigenvalue weighted by atomic mass is 32.1. The molecule has 0 aromatic carbocycles. The molecule has 1 N–H and O–H groups in total. The number of aliphatic hydroxyl groups is 1. The van der Waals surface area contributed by atoms with Crippen molar-refractivity contribution in [2.45, 2.75) is 25.5 Å². The summed E-state index contributed by atoms with van der Waals surface area (Å²) in [5, 5.41) is 12.5. The monoisotopic (exact) mass is 198 g/mol. The third kappa shape index (κ3) is 1.90. The molecular weight excluding hydrogens is 184 g/mol. The maximum atomic E-state index is 9.39. The van der Waals surface area contributed by atoms with Gasteiger partial charge in [-0.1, -0.05) is 0 Å². The predicted octanol–water partition coefficient (Wildman–Crippen LogP) is 1.27. The molecule has 2 unspecified atom stereocenters. The fourth-order valence-electron chi connectivity index (χ4n) is 1.72. The Morgan fingerprint density at radius 1 is 1.77 bits per heavy atom. The zero-order valence-electron chi connectivity index (χ0n) is 7.68. The van der Waals surface area contributed by atoms with E-state index < -0.39 is 0 Å². The summed E-state index contributed by atoms with van der Waals surface area (Å²) < 4.78 is 0. The first-order valence-electron chi connectivity index (χ1n) is 4.59. The SMILES string of the molecule is CC(c1nccs1)N1CCC(O)C1. The second-order valence-corrected chi connectivity index (χ2v) is 4.41. The number of rotatable bonds is 2. The third-order valence-corrected chi connectivity index (χ3v) is 3.50. The van der Waals surface area contributed by atoms with Gasteiger partial charge in [0.2, 0.25) is 0 Å². The van der Waals surface area contributed by atoms with Gasteiger partial charge in [-0.3, -0.25) is 4.90 Å². The third-order valence-electron chi connectivity index (χ3n) is 2.55. The normalized spacial score (nSPS) is 26.5. The van der Waals surface area contributed by atoms with Gasteiger partial charge < -0.3 is 5.11 Å². The van der Waals surface area contributed by atoms with Gasteiger partial charge in [-0.2, -0.15) is 0 Å². The summed E-state index contributed by atoms with van der Waals surface area (Å²) >= 11 is 1.68. The van der Waals surface area contributed by atoms with Crippen molar-refractivity contribution in [1.29, 1.82) is 0 Å². The smallest absolute Gasteiger partial charge is 0.109 e. The van der Waals surface area contributed by atoms with Crippen LogP contribution in [0, 0.1) is 0 Å². The Balaban J connectivity index is 2.02. The van der Waals surface area contributed by atoms with Gasteiger partial charge in [0.25, 0.3) is 0 Å². The van der Waals surface area contributed by atoms with E-state index in [4.69, 9.17) is 0 Å². The number of β-amino-alcohol motifs (C(OH)–C–C–N with tert-alkyl or cyclic N) is 1. The Kier molecular flexibility index (Phi) is 2.62.